The van der Waals surface area contributed by atoms with Gasteiger partial charge in [-0.3, -0.25) is 9.88 Å². The largest absolute Gasteiger partial charge is 0.491 e. The molecule has 0 saturated carbocycles. The molecule has 202 valence electrons. The topological polar surface area (TPSA) is 125 Å². The van der Waals surface area contributed by atoms with Gasteiger partial charge in [0, 0.05) is 37.6 Å². The number of aryl methyl sites for hydroxylation is 2. The lowest BCUT2D eigenvalue weighted by Gasteiger charge is -2.24. The standard InChI is InChI=1S/C27H34FN7O3/c28-21-16-23(18-30-17-21)38-15-14-35(13-9-24(27(36)37)34-25-8-11-29-19-32-25)12-2-1-5-22-7-6-20-4-3-10-31-26(20)33-22/h6-8,11,16-19,24H,1-5,9-10,12-15H2,(H,31,33)(H,36,37)(H,29,32,34)/t24-/m0/s1. The van der Waals surface area contributed by atoms with Gasteiger partial charge in [-0.1, -0.05) is 6.07 Å². The zero-order valence-corrected chi connectivity index (χ0v) is 21.4. The summed E-state index contributed by atoms with van der Waals surface area (Å²) in [5, 5.41) is 16.1. The van der Waals surface area contributed by atoms with Gasteiger partial charge in [-0.05, 0) is 62.8 Å². The summed E-state index contributed by atoms with van der Waals surface area (Å²) in [5.41, 5.74) is 2.36. The number of carboxylic acids is 1. The Hall–Kier alpha value is -3.86. The number of rotatable bonds is 15. The molecule has 0 saturated heterocycles. The molecule has 1 aliphatic rings. The average Bonchev–Trinajstić information content (AvgIpc) is 2.93. The van der Waals surface area contributed by atoms with E-state index in [-0.39, 0.29) is 0 Å². The summed E-state index contributed by atoms with van der Waals surface area (Å²) in [4.78, 5) is 30.6. The summed E-state index contributed by atoms with van der Waals surface area (Å²) in [7, 11) is 0. The number of pyridine rings is 2. The SMILES string of the molecule is O=C(O)[C@H](CCN(CCCCc1ccc2c(n1)NCCC2)CCOc1cncc(F)c1)Nc1ccncn1. The molecule has 1 aliphatic heterocycles. The van der Waals surface area contributed by atoms with Crippen LogP contribution in [0.2, 0.25) is 0 Å². The van der Waals surface area contributed by atoms with Crippen molar-refractivity contribution in [1.29, 1.82) is 0 Å². The molecule has 3 aromatic rings. The van der Waals surface area contributed by atoms with Gasteiger partial charge in [-0.2, -0.15) is 0 Å². The molecule has 0 aromatic carbocycles. The first-order valence-corrected chi connectivity index (χ1v) is 13.0. The Morgan fingerprint density at radius 3 is 2.92 bits per heavy atom. The van der Waals surface area contributed by atoms with Crippen molar-refractivity contribution in [2.45, 2.75) is 44.6 Å². The first-order chi connectivity index (χ1) is 18.6. The number of hydrogen-bond acceptors (Lipinski definition) is 9. The molecule has 0 bridgehead atoms. The van der Waals surface area contributed by atoms with Crippen molar-refractivity contribution in [2.75, 3.05) is 43.4 Å². The van der Waals surface area contributed by atoms with Crippen molar-refractivity contribution in [2.24, 2.45) is 0 Å². The highest BCUT2D eigenvalue weighted by Gasteiger charge is 2.19. The summed E-state index contributed by atoms with van der Waals surface area (Å²) >= 11 is 0. The second-order valence-corrected chi connectivity index (χ2v) is 9.25. The molecular weight excluding hydrogens is 489 g/mol. The lowest BCUT2D eigenvalue weighted by atomic mass is 10.1. The average molecular weight is 524 g/mol. The van der Waals surface area contributed by atoms with E-state index >= 15 is 0 Å². The number of unbranched alkanes of at least 4 members (excludes halogenated alkanes) is 1. The van der Waals surface area contributed by atoms with Crippen molar-refractivity contribution in [3.05, 3.63) is 66.3 Å². The second-order valence-electron chi connectivity index (χ2n) is 9.25. The number of carbonyl (C=O) groups is 1. The second kappa shape index (κ2) is 14.2. The molecule has 1 atom stereocenters. The molecule has 4 rings (SSSR count). The van der Waals surface area contributed by atoms with Crippen molar-refractivity contribution in [3.63, 3.8) is 0 Å². The molecule has 3 aromatic heterocycles. The molecule has 0 aliphatic carbocycles. The Balaban J connectivity index is 1.29. The number of anilines is 2. The maximum Gasteiger partial charge on any atom is 0.326 e. The van der Waals surface area contributed by atoms with E-state index in [2.05, 4.69) is 42.6 Å². The van der Waals surface area contributed by atoms with Gasteiger partial charge in [0.05, 0.1) is 12.4 Å². The van der Waals surface area contributed by atoms with E-state index in [1.807, 2.05) is 0 Å². The van der Waals surface area contributed by atoms with E-state index in [1.54, 1.807) is 12.3 Å². The van der Waals surface area contributed by atoms with Crippen LogP contribution in [0.5, 0.6) is 5.75 Å². The Morgan fingerprint density at radius 1 is 1.18 bits per heavy atom. The summed E-state index contributed by atoms with van der Waals surface area (Å²) in [5.74, 6) is 0.442. The fourth-order valence-corrected chi connectivity index (χ4v) is 4.37. The normalized spacial score (nSPS) is 13.4. The van der Waals surface area contributed by atoms with E-state index in [4.69, 9.17) is 9.72 Å². The van der Waals surface area contributed by atoms with Crippen molar-refractivity contribution in [3.8, 4) is 5.75 Å². The zero-order valence-electron chi connectivity index (χ0n) is 21.4. The van der Waals surface area contributed by atoms with Gasteiger partial charge in [0.1, 0.15) is 42.2 Å². The first kappa shape index (κ1) is 27.2. The number of aliphatic carboxylic acids is 1. The van der Waals surface area contributed by atoms with E-state index < -0.39 is 17.8 Å². The third-order valence-corrected chi connectivity index (χ3v) is 6.40. The van der Waals surface area contributed by atoms with Crippen LogP contribution in [-0.4, -0.2) is 74.7 Å². The summed E-state index contributed by atoms with van der Waals surface area (Å²) < 4.78 is 19.1. The molecule has 38 heavy (non-hydrogen) atoms. The van der Waals surface area contributed by atoms with Crippen LogP contribution in [0.4, 0.5) is 16.0 Å². The van der Waals surface area contributed by atoms with Crippen LogP contribution >= 0.6 is 0 Å². The first-order valence-electron chi connectivity index (χ1n) is 13.0. The summed E-state index contributed by atoms with van der Waals surface area (Å²) in [6, 6.07) is 6.42. The predicted molar refractivity (Wildman–Crippen MR) is 142 cm³/mol. The lowest BCUT2D eigenvalue weighted by Crippen LogP contribution is -2.37. The van der Waals surface area contributed by atoms with E-state index in [9.17, 15) is 14.3 Å². The molecule has 0 radical (unpaired) electrons. The van der Waals surface area contributed by atoms with Crippen LogP contribution in [0.3, 0.4) is 0 Å². The number of ether oxygens (including phenoxy) is 1. The number of fused-ring (bicyclic) bond motifs is 1. The molecule has 11 heteroatoms. The smallest absolute Gasteiger partial charge is 0.326 e. The predicted octanol–water partition coefficient (Wildman–Crippen LogP) is 3.42. The van der Waals surface area contributed by atoms with Gasteiger partial charge < -0.3 is 20.5 Å². The van der Waals surface area contributed by atoms with Gasteiger partial charge in [0.15, 0.2) is 0 Å². The number of nitrogens with zero attached hydrogens (tertiary/aromatic N) is 5. The fourth-order valence-electron chi connectivity index (χ4n) is 4.37. The lowest BCUT2D eigenvalue weighted by molar-refractivity contribution is -0.138. The highest BCUT2D eigenvalue weighted by atomic mass is 19.1. The quantitative estimate of drug-likeness (QED) is 0.255. The minimum absolute atomic E-state index is 0.334. The monoisotopic (exact) mass is 523 g/mol. The third kappa shape index (κ3) is 8.62. The number of aromatic nitrogens is 4. The Morgan fingerprint density at radius 2 is 2.11 bits per heavy atom. The molecular formula is C27H34FN7O3. The molecule has 0 fully saturated rings. The maximum absolute atomic E-state index is 13.4. The van der Waals surface area contributed by atoms with Gasteiger partial charge in [0.25, 0.3) is 0 Å². The highest BCUT2D eigenvalue weighted by molar-refractivity contribution is 5.76. The molecule has 0 amide bonds. The van der Waals surface area contributed by atoms with Crippen molar-refractivity contribution >= 4 is 17.6 Å². The molecule has 3 N–H and O–H groups in total. The van der Waals surface area contributed by atoms with Gasteiger partial charge in [-0.25, -0.2) is 24.1 Å². The minimum Gasteiger partial charge on any atom is -0.491 e. The van der Waals surface area contributed by atoms with E-state index in [0.29, 0.717) is 37.7 Å². The molecule has 0 unspecified atom stereocenters. The van der Waals surface area contributed by atoms with Crippen LogP contribution in [-0.2, 0) is 17.6 Å². The van der Waals surface area contributed by atoms with Crippen molar-refractivity contribution < 1.29 is 19.0 Å². The minimum atomic E-state index is -0.947. The van der Waals surface area contributed by atoms with Crippen LogP contribution in [0, 0.1) is 5.82 Å². The molecule has 0 spiro atoms. The number of nitrogens with one attached hydrogen (secondary N) is 2. The summed E-state index contributed by atoms with van der Waals surface area (Å²) in [6.45, 7) is 3.18. The van der Waals surface area contributed by atoms with Gasteiger partial charge in [-0.15, -0.1) is 0 Å². The van der Waals surface area contributed by atoms with E-state index in [0.717, 1.165) is 62.9 Å². The highest BCUT2D eigenvalue weighted by Crippen LogP contribution is 2.20. The van der Waals surface area contributed by atoms with Gasteiger partial charge >= 0.3 is 5.97 Å². The van der Waals surface area contributed by atoms with E-state index in [1.165, 1.54) is 24.2 Å². The zero-order chi connectivity index (χ0) is 26.6. The number of hydrogen-bond donors (Lipinski definition) is 3. The number of carboxylic acid groups (broad SMARTS) is 1. The van der Waals surface area contributed by atoms with Gasteiger partial charge in [0.2, 0.25) is 0 Å². The van der Waals surface area contributed by atoms with Crippen LogP contribution < -0.4 is 15.4 Å². The maximum atomic E-state index is 13.4. The Kier molecular flexibility index (Phi) is 10.1. The third-order valence-electron chi connectivity index (χ3n) is 6.40. The Labute approximate surface area is 221 Å². The van der Waals surface area contributed by atoms with Crippen LogP contribution in [0.1, 0.15) is 36.9 Å². The number of halogens is 1. The Bertz CT molecular complexity index is 1170. The van der Waals surface area contributed by atoms with Crippen molar-refractivity contribution in [1.82, 2.24) is 24.8 Å². The molecule has 4 heterocycles. The van der Waals surface area contributed by atoms with Crippen LogP contribution in [0.25, 0.3) is 0 Å². The summed E-state index contributed by atoms with van der Waals surface area (Å²) in [6.07, 6.45) is 10.9. The van der Waals surface area contributed by atoms with Crippen LogP contribution in [0.15, 0.2) is 49.2 Å². The fraction of sp³-hybridized carbons (Fsp3) is 0.444. The molecule has 10 nitrogen and oxygen atoms in total.